The molecule has 3 heterocycles. The lowest BCUT2D eigenvalue weighted by Crippen LogP contribution is -2.36. The molecule has 0 radical (unpaired) electrons. The Labute approximate surface area is 139 Å². The third-order valence-electron chi connectivity index (χ3n) is 4.06. The summed E-state index contributed by atoms with van der Waals surface area (Å²) in [5.41, 5.74) is 0. The molecule has 2 amide bonds. The zero-order valence-electron chi connectivity index (χ0n) is 13.6. The first-order chi connectivity index (χ1) is 11.6. The van der Waals surface area contributed by atoms with Gasteiger partial charge in [0.1, 0.15) is 0 Å². The average molecular weight is 332 g/mol. The summed E-state index contributed by atoms with van der Waals surface area (Å²) in [6.45, 7) is 4.09. The minimum atomic E-state index is 0.0400. The van der Waals surface area contributed by atoms with Crippen molar-refractivity contribution in [3.8, 4) is 11.6 Å². The predicted molar refractivity (Wildman–Crippen MR) is 83.8 cm³/mol. The number of carbonyl (C=O) groups is 2. The Bertz CT molecular complexity index is 695. The van der Waals surface area contributed by atoms with Crippen LogP contribution in [0, 0.1) is 0 Å². The molecule has 8 nitrogen and oxygen atoms in total. The van der Waals surface area contributed by atoms with Crippen LogP contribution < -0.4 is 0 Å². The first-order valence-corrected chi connectivity index (χ1v) is 8.03. The third kappa shape index (κ3) is 3.81. The van der Waals surface area contributed by atoms with Gasteiger partial charge in [0.2, 0.25) is 23.5 Å². The van der Waals surface area contributed by atoms with E-state index in [1.165, 1.54) is 0 Å². The van der Waals surface area contributed by atoms with Gasteiger partial charge in [-0.25, -0.2) is 0 Å². The first kappa shape index (κ1) is 16.2. The lowest BCUT2D eigenvalue weighted by atomic mass is 10.2. The van der Waals surface area contributed by atoms with Crippen molar-refractivity contribution in [1.82, 2.24) is 19.9 Å². The molecule has 8 heteroatoms. The van der Waals surface area contributed by atoms with Gasteiger partial charge in [0.05, 0.1) is 6.26 Å². The highest BCUT2D eigenvalue weighted by molar-refractivity contribution is 5.77. The normalized spacial score (nSPS) is 15.4. The second-order valence-electron chi connectivity index (χ2n) is 5.73. The number of aryl methyl sites for hydroxylation is 1. The molecule has 2 aromatic rings. The van der Waals surface area contributed by atoms with Crippen LogP contribution in [-0.4, -0.2) is 57.9 Å². The van der Waals surface area contributed by atoms with Gasteiger partial charge < -0.3 is 18.7 Å². The molecule has 1 aliphatic rings. The van der Waals surface area contributed by atoms with Crippen molar-refractivity contribution in [2.75, 3.05) is 26.2 Å². The van der Waals surface area contributed by atoms with Crippen LogP contribution in [0.3, 0.4) is 0 Å². The Morgan fingerprint density at radius 2 is 2.00 bits per heavy atom. The summed E-state index contributed by atoms with van der Waals surface area (Å²) < 4.78 is 10.4. The lowest BCUT2D eigenvalue weighted by molar-refractivity contribution is -0.132. The minimum absolute atomic E-state index is 0.0400. The number of amides is 2. The van der Waals surface area contributed by atoms with Gasteiger partial charge in [-0.1, -0.05) is 5.16 Å². The Hall–Kier alpha value is -2.64. The van der Waals surface area contributed by atoms with E-state index < -0.39 is 0 Å². The molecule has 24 heavy (non-hydrogen) atoms. The minimum Gasteiger partial charge on any atom is -0.461 e. The Balaban J connectivity index is 1.51. The van der Waals surface area contributed by atoms with Crippen molar-refractivity contribution in [3.05, 3.63) is 24.3 Å². The summed E-state index contributed by atoms with van der Waals surface area (Å²) in [6.07, 6.45) is 3.03. The third-order valence-corrected chi connectivity index (χ3v) is 4.06. The molecule has 0 unspecified atom stereocenters. The van der Waals surface area contributed by atoms with Crippen LogP contribution in [0.5, 0.6) is 0 Å². The maximum absolute atomic E-state index is 12.4. The fourth-order valence-corrected chi connectivity index (χ4v) is 2.72. The molecular weight excluding hydrogens is 312 g/mol. The van der Waals surface area contributed by atoms with Gasteiger partial charge in [-0.3, -0.25) is 9.59 Å². The van der Waals surface area contributed by atoms with Crippen molar-refractivity contribution in [1.29, 1.82) is 0 Å². The molecule has 0 saturated carbocycles. The van der Waals surface area contributed by atoms with Crippen LogP contribution in [0.15, 0.2) is 27.3 Å². The van der Waals surface area contributed by atoms with Crippen LogP contribution in [0.4, 0.5) is 0 Å². The van der Waals surface area contributed by atoms with Crippen molar-refractivity contribution in [2.45, 2.75) is 26.2 Å². The second kappa shape index (κ2) is 7.29. The average Bonchev–Trinajstić information content (AvgIpc) is 3.19. The van der Waals surface area contributed by atoms with E-state index in [4.69, 9.17) is 8.94 Å². The summed E-state index contributed by atoms with van der Waals surface area (Å²) >= 11 is 0. The van der Waals surface area contributed by atoms with Gasteiger partial charge in [-0.05, 0) is 18.6 Å². The maximum Gasteiger partial charge on any atom is 0.238 e. The Morgan fingerprint density at radius 3 is 2.75 bits per heavy atom. The zero-order chi connectivity index (χ0) is 16.9. The fourth-order valence-electron chi connectivity index (χ4n) is 2.72. The van der Waals surface area contributed by atoms with E-state index in [-0.39, 0.29) is 11.8 Å². The Morgan fingerprint density at radius 1 is 1.21 bits per heavy atom. The predicted octanol–water partition coefficient (Wildman–Crippen LogP) is 1.34. The summed E-state index contributed by atoms with van der Waals surface area (Å²) in [7, 11) is 0. The smallest absolute Gasteiger partial charge is 0.238 e. The van der Waals surface area contributed by atoms with Crippen LogP contribution in [0.1, 0.15) is 25.7 Å². The number of hydrogen-bond donors (Lipinski definition) is 0. The molecule has 0 N–H and O–H groups in total. The number of hydrogen-bond acceptors (Lipinski definition) is 6. The topological polar surface area (TPSA) is 92.7 Å². The summed E-state index contributed by atoms with van der Waals surface area (Å²) in [5.74, 6) is 1.43. The fraction of sp³-hybridized carbons (Fsp3) is 0.500. The molecule has 0 atom stereocenters. The van der Waals surface area contributed by atoms with Crippen LogP contribution in [0.25, 0.3) is 11.6 Å². The molecule has 1 saturated heterocycles. The van der Waals surface area contributed by atoms with E-state index in [0.29, 0.717) is 56.5 Å². The van der Waals surface area contributed by atoms with E-state index >= 15 is 0 Å². The lowest BCUT2D eigenvalue weighted by Gasteiger charge is -2.21. The number of rotatable bonds is 4. The molecule has 1 aliphatic heterocycles. The van der Waals surface area contributed by atoms with E-state index in [9.17, 15) is 9.59 Å². The van der Waals surface area contributed by atoms with Gasteiger partial charge in [-0.2, -0.15) is 4.98 Å². The van der Waals surface area contributed by atoms with E-state index in [1.54, 1.807) is 35.1 Å². The van der Waals surface area contributed by atoms with Gasteiger partial charge >= 0.3 is 0 Å². The Kier molecular flexibility index (Phi) is 4.93. The van der Waals surface area contributed by atoms with Gasteiger partial charge in [0.25, 0.3) is 0 Å². The second-order valence-corrected chi connectivity index (χ2v) is 5.73. The highest BCUT2D eigenvalue weighted by Gasteiger charge is 2.21. The van der Waals surface area contributed by atoms with E-state index in [0.717, 1.165) is 6.42 Å². The van der Waals surface area contributed by atoms with Gasteiger partial charge in [-0.15, -0.1) is 0 Å². The largest absolute Gasteiger partial charge is 0.461 e. The zero-order valence-corrected chi connectivity index (χ0v) is 13.6. The first-order valence-electron chi connectivity index (χ1n) is 8.03. The highest BCUT2D eigenvalue weighted by atomic mass is 16.5. The summed E-state index contributed by atoms with van der Waals surface area (Å²) in [5, 5.41) is 3.84. The maximum atomic E-state index is 12.4. The van der Waals surface area contributed by atoms with E-state index in [2.05, 4.69) is 10.1 Å². The van der Waals surface area contributed by atoms with Gasteiger partial charge in [0.15, 0.2) is 5.76 Å². The van der Waals surface area contributed by atoms with Crippen molar-refractivity contribution < 1.29 is 18.5 Å². The van der Waals surface area contributed by atoms with Crippen molar-refractivity contribution in [3.63, 3.8) is 0 Å². The van der Waals surface area contributed by atoms with E-state index in [1.807, 2.05) is 0 Å². The van der Waals surface area contributed by atoms with Crippen LogP contribution in [0.2, 0.25) is 0 Å². The standard InChI is InChI=1S/C16H20N4O4/c1-12(21)19-7-3-8-20(10-9-19)15(22)6-5-14-17-16(18-24-14)13-4-2-11-23-13/h2,4,11H,3,5-10H2,1H3. The number of furan rings is 1. The molecule has 0 bridgehead atoms. The molecule has 128 valence electrons. The van der Waals surface area contributed by atoms with Gasteiger partial charge in [0, 0.05) is 45.9 Å². The molecular formula is C16H20N4O4. The van der Waals surface area contributed by atoms with Crippen molar-refractivity contribution in [2.24, 2.45) is 0 Å². The summed E-state index contributed by atoms with van der Waals surface area (Å²) in [4.78, 5) is 31.6. The SMILES string of the molecule is CC(=O)N1CCCN(C(=O)CCc2nc(-c3ccco3)no2)CC1. The number of nitrogens with zero attached hydrogens (tertiary/aromatic N) is 4. The quantitative estimate of drug-likeness (QED) is 0.839. The molecule has 3 rings (SSSR count). The number of aromatic nitrogens is 2. The molecule has 0 aliphatic carbocycles. The molecule has 0 spiro atoms. The number of carbonyl (C=O) groups excluding carboxylic acids is 2. The molecule has 2 aromatic heterocycles. The highest BCUT2D eigenvalue weighted by Crippen LogP contribution is 2.16. The van der Waals surface area contributed by atoms with Crippen LogP contribution >= 0.6 is 0 Å². The molecule has 0 aromatic carbocycles. The van der Waals surface area contributed by atoms with Crippen molar-refractivity contribution >= 4 is 11.8 Å². The summed E-state index contributed by atoms with van der Waals surface area (Å²) in [6, 6.07) is 3.50. The molecule has 1 fully saturated rings. The monoisotopic (exact) mass is 332 g/mol. The van der Waals surface area contributed by atoms with Crippen LogP contribution in [-0.2, 0) is 16.0 Å².